The monoisotopic (exact) mass is 613 g/mol. The van der Waals surface area contributed by atoms with Gasteiger partial charge in [0.05, 0.1) is 11.9 Å². The van der Waals surface area contributed by atoms with Gasteiger partial charge in [-0.2, -0.15) is 0 Å². The van der Waals surface area contributed by atoms with Crippen LogP contribution in [0.1, 0.15) is 37.0 Å². The van der Waals surface area contributed by atoms with Crippen molar-refractivity contribution in [2.75, 3.05) is 17.1 Å². The number of anilines is 1. The quantitative estimate of drug-likeness (QED) is 0.309. The van der Waals surface area contributed by atoms with Gasteiger partial charge in [-0.15, -0.1) is 0 Å². The van der Waals surface area contributed by atoms with Crippen molar-refractivity contribution in [2.24, 2.45) is 0 Å². The maximum absolute atomic E-state index is 14.1. The molecule has 0 aliphatic rings. The maximum Gasteiger partial charge on any atom is 0.244 e. The van der Waals surface area contributed by atoms with Crippen molar-refractivity contribution in [3.05, 3.63) is 100 Å². The summed E-state index contributed by atoms with van der Waals surface area (Å²) >= 11 is 3.38. The highest BCUT2D eigenvalue weighted by Gasteiger charge is 2.33. The third kappa shape index (κ3) is 8.66. The molecule has 2 atom stereocenters. The Kier molecular flexibility index (Phi) is 10.7. The van der Waals surface area contributed by atoms with Gasteiger partial charge in [-0.3, -0.25) is 13.9 Å². The van der Waals surface area contributed by atoms with Gasteiger partial charge in [-0.05, 0) is 55.2 Å². The lowest BCUT2D eigenvalue weighted by atomic mass is 10.0. The second kappa shape index (κ2) is 13.8. The zero-order valence-corrected chi connectivity index (χ0v) is 25.2. The average Bonchev–Trinajstić information content (AvgIpc) is 2.89. The number of nitrogens with zero attached hydrogens (tertiary/aromatic N) is 2. The predicted molar refractivity (Wildman–Crippen MR) is 160 cm³/mol. The molecule has 0 saturated heterocycles. The molecule has 0 aliphatic heterocycles. The van der Waals surface area contributed by atoms with Crippen LogP contribution >= 0.6 is 15.9 Å². The van der Waals surface area contributed by atoms with E-state index in [0.717, 1.165) is 33.7 Å². The lowest BCUT2D eigenvalue weighted by molar-refractivity contribution is -0.140. The number of aryl methyl sites for hydroxylation is 1. The Bertz CT molecular complexity index is 1380. The molecule has 1 N–H and O–H groups in total. The van der Waals surface area contributed by atoms with Crippen molar-refractivity contribution in [2.45, 2.75) is 52.2 Å². The van der Waals surface area contributed by atoms with Crippen LogP contribution in [0, 0.1) is 6.92 Å². The standard InChI is InChI=1S/C30H36BrN3O4S/c1-5-23(3)32-30(36)28(18-24-13-7-6-8-14-24)33(20-25-15-10-9-12-22(25)2)29(35)21-34(39(4,37)38)27-17-11-16-26(31)19-27/h6-17,19,23,28H,5,18,20-21H2,1-4H3,(H,32,36). The summed E-state index contributed by atoms with van der Waals surface area (Å²) in [6.07, 6.45) is 2.10. The first kappa shape index (κ1) is 30.4. The molecule has 7 nitrogen and oxygen atoms in total. The highest BCUT2D eigenvalue weighted by Crippen LogP contribution is 2.24. The van der Waals surface area contributed by atoms with E-state index in [1.165, 1.54) is 4.90 Å². The number of carbonyl (C=O) groups is 2. The van der Waals surface area contributed by atoms with Crippen molar-refractivity contribution in [1.82, 2.24) is 10.2 Å². The molecule has 0 bridgehead atoms. The Hall–Kier alpha value is -3.17. The van der Waals surface area contributed by atoms with Crippen LogP contribution in [-0.2, 0) is 32.6 Å². The van der Waals surface area contributed by atoms with E-state index in [9.17, 15) is 18.0 Å². The highest BCUT2D eigenvalue weighted by molar-refractivity contribution is 9.10. The van der Waals surface area contributed by atoms with Crippen LogP contribution < -0.4 is 9.62 Å². The molecule has 39 heavy (non-hydrogen) atoms. The van der Waals surface area contributed by atoms with E-state index in [1.54, 1.807) is 24.3 Å². The third-order valence-electron chi connectivity index (χ3n) is 6.65. The number of hydrogen-bond donors (Lipinski definition) is 1. The van der Waals surface area contributed by atoms with Gasteiger partial charge in [0.15, 0.2) is 0 Å². The van der Waals surface area contributed by atoms with E-state index < -0.39 is 28.5 Å². The van der Waals surface area contributed by atoms with Crippen molar-refractivity contribution >= 4 is 43.5 Å². The number of hydrogen-bond acceptors (Lipinski definition) is 4. The van der Waals surface area contributed by atoms with Gasteiger partial charge < -0.3 is 10.2 Å². The van der Waals surface area contributed by atoms with Crippen molar-refractivity contribution in [3.63, 3.8) is 0 Å². The van der Waals surface area contributed by atoms with E-state index >= 15 is 0 Å². The zero-order chi connectivity index (χ0) is 28.6. The van der Waals surface area contributed by atoms with Crippen LogP contribution in [-0.4, -0.2) is 50.0 Å². The van der Waals surface area contributed by atoms with Crippen molar-refractivity contribution in [3.8, 4) is 0 Å². The molecule has 0 saturated carbocycles. The molecule has 208 valence electrons. The SMILES string of the molecule is CCC(C)NC(=O)C(Cc1ccccc1)N(Cc1ccccc1C)C(=O)CN(c1cccc(Br)c1)S(C)(=O)=O. The molecular formula is C30H36BrN3O4S. The number of carbonyl (C=O) groups excluding carboxylic acids is 2. The molecule has 0 heterocycles. The number of rotatable bonds is 12. The summed E-state index contributed by atoms with van der Waals surface area (Å²) < 4.78 is 27.5. The summed E-state index contributed by atoms with van der Waals surface area (Å²) in [5.74, 6) is -0.743. The first-order valence-electron chi connectivity index (χ1n) is 12.9. The smallest absolute Gasteiger partial charge is 0.244 e. The van der Waals surface area contributed by atoms with Gasteiger partial charge >= 0.3 is 0 Å². The fourth-order valence-electron chi connectivity index (χ4n) is 4.21. The summed E-state index contributed by atoms with van der Waals surface area (Å²) in [6, 6.07) is 23.1. The number of amides is 2. The summed E-state index contributed by atoms with van der Waals surface area (Å²) in [6.45, 7) is 5.57. The van der Waals surface area contributed by atoms with Crippen LogP contribution in [0.4, 0.5) is 5.69 Å². The molecule has 0 aliphatic carbocycles. The Morgan fingerprint density at radius 2 is 1.64 bits per heavy atom. The first-order chi connectivity index (χ1) is 18.5. The minimum atomic E-state index is -3.81. The highest BCUT2D eigenvalue weighted by atomic mass is 79.9. The Morgan fingerprint density at radius 1 is 0.974 bits per heavy atom. The van der Waals surface area contributed by atoms with E-state index in [1.807, 2.05) is 75.4 Å². The molecule has 3 aromatic carbocycles. The van der Waals surface area contributed by atoms with Crippen LogP contribution in [0.5, 0.6) is 0 Å². The van der Waals surface area contributed by atoms with Gasteiger partial charge in [0.1, 0.15) is 12.6 Å². The van der Waals surface area contributed by atoms with Gasteiger partial charge in [-0.25, -0.2) is 8.42 Å². The molecule has 2 unspecified atom stereocenters. The average molecular weight is 615 g/mol. The normalized spacial score (nSPS) is 12.8. The number of benzene rings is 3. The lowest BCUT2D eigenvalue weighted by Crippen LogP contribution is -2.54. The Balaban J connectivity index is 2.07. The van der Waals surface area contributed by atoms with Gasteiger partial charge in [0.2, 0.25) is 21.8 Å². The molecule has 9 heteroatoms. The summed E-state index contributed by atoms with van der Waals surface area (Å²) in [4.78, 5) is 29.3. The second-order valence-corrected chi connectivity index (χ2v) is 12.5. The van der Waals surface area contributed by atoms with Crippen molar-refractivity contribution in [1.29, 1.82) is 0 Å². The van der Waals surface area contributed by atoms with Gasteiger partial charge in [0, 0.05) is 23.5 Å². The Morgan fingerprint density at radius 3 is 2.26 bits per heavy atom. The van der Waals surface area contributed by atoms with E-state index in [2.05, 4.69) is 21.2 Å². The van der Waals surface area contributed by atoms with Crippen molar-refractivity contribution < 1.29 is 18.0 Å². The van der Waals surface area contributed by atoms with Gasteiger partial charge in [-0.1, -0.05) is 83.5 Å². The third-order valence-corrected chi connectivity index (χ3v) is 8.28. The second-order valence-electron chi connectivity index (χ2n) is 9.72. The van der Waals surface area contributed by atoms with E-state index in [0.29, 0.717) is 10.2 Å². The number of sulfonamides is 1. The molecule has 3 rings (SSSR count). The fraction of sp³-hybridized carbons (Fsp3) is 0.333. The molecule has 0 fully saturated rings. The van der Waals surface area contributed by atoms with Crippen LogP contribution in [0.3, 0.4) is 0 Å². The Labute approximate surface area is 240 Å². The molecule has 2 amide bonds. The summed E-state index contributed by atoms with van der Waals surface area (Å²) in [5, 5.41) is 3.04. The topological polar surface area (TPSA) is 86.8 Å². The fourth-order valence-corrected chi connectivity index (χ4v) is 5.44. The lowest BCUT2D eigenvalue weighted by Gasteiger charge is -2.34. The minimum absolute atomic E-state index is 0.0830. The predicted octanol–water partition coefficient (Wildman–Crippen LogP) is 5.08. The molecule has 0 radical (unpaired) electrons. The number of nitrogens with one attached hydrogen (secondary N) is 1. The van der Waals surface area contributed by atoms with Crippen LogP contribution in [0.15, 0.2) is 83.3 Å². The van der Waals surface area contributed by atoms with Crippen LogP contribution in [0.2, 0.25) is 0 Å². The molecule has 0 aromatic heterocycles. The molecular weight excluding hydrogens is 578 g/mol. The number of halogens is 1. The minimum Gasteiger partial charge on any atom is -0.352 e. The maximum atomic E-state index is 14.1. The summed E-state index contributed by atoms with van der Waals surface area (Å²) in [5.41, 5.74) is 3.12. The summed E-state index contributed by atoms with van der Waals surface area (Å²) in [7, 11) is -3.81. The van der Waals surface area contributed by atoms with Crippen LogP contribution in [0.25, 0.3) is 0 Å². The molecule has 3 aromatic rings. The first-order valence-corrected chi connectivity index (χ1v) is 15.5. The molecule has 0 spiro atoms. The van der Waals surface area contributed by atoms with Gasteiger partial charge in [0.25, 0.3) is 0 Å². The largest absolute Gasteiger partial charge is 0.352 e. The van der Waals surface area contributed by atoms with E-state index in [-0.39, 0.29) is 24.9 Å². The van der Waals surface area contributed by atoms with E-state index in [4.69, 9.17) is 0 Å². The zero-order valence-electron chi connectivity index (χ0n) is 22.8.